The first kappa shape index (κ1) is 31.6. The van der Waals surface area contributed by atoms with E-state index in [0.717, 1.165) is 36.4 Å². The van der Waals surface area contributed by atoms with Gasteiger partial charge in [-0.15, -0.1) is 0 Å². The fourth-order valence-corrected chi connectivity index (χ4v) is 6.39. The van der Waals surface area contributed by atoms with E-state index in [2.05, 4.69) is 37.0 Å². The number of hydrogen-bond donors (Lipinski definition) is 2. The Morgan fingerprint density at radius 1 is 1.11 bits per heavy atom. The van der Waals surface area contributed by atoms with Crippen LogP contribution in [0, 0.1) is 0 Å². The highest BCUT2D eigenvalue weighted by Gasteiger charge is 2.32. The third kappa shape index (κ3) is 7.63. The second-order valence-corrected chi connectivity index (χ2v) is 12.0. The topological polar surface area (TPSA) is 124 Å². The Balaban J connectivity index is 1.33. The van der Waals surface area contributed by atoms with Crippen LogP contribution in [0.4, 0.5) is 24.1 Å². The number of carbonyl (C=O) groups excluding carboxylic acids is 1. The van der Waals surface area contributed by atoms with Crippen LogP contribution in [-0.2, 0) is 17.5 Å². The lowest BCUT2D eigenvalue weighted by Crippen LogP contribution is -2.47. The standard InChI is InChI=1S/C29H34F3N7O4S/c1-18-4-3-6-39(18)17-23-26(19-12-20(29(30,31)32)14-21(13-19)43-2)35-28(44-23)36-27(42)22-15-34-24(16-33-22)38-10-8-37(9-11-38)7-5-25(40)41/h12-16,18H,3-11,17H2,1-2H3,(H,40,41)(H,35,36,42). The molecule has 4 heterocycles. The summed E-state index contributed by atoms with van der Waals surface area (Å²) in [5.74, 6) is -0.692. The van der Waals surface area contributed by atoms with Crippen molar-refractivity contribution in [2.24, 2.45) is 0 Å². The molecule has 2 fully saturated rings. The minimum Gasteiger partial charge on any atom is -0.497 e. The maximum absolute atomic E-state index is 13.7. The van der Waals surface area contributed by atoms with Gasteiger partial charge in [-0.05, 0) is 44.5 Å². The van der Waals surface area contributed by atoms with E-state index in [1.54, 1.807) is 0 Å². The van der Waals surface area contributed by atoms with Crippen molar-refractivity contribution < 1.29 is 32.6 Å². The van der Waals surface area contributed by atoms with Crippen molar-refractivity contribution in [1.29, 1.82) is 0 Å². The first-order valence-corrected chi connectivity index (χ1v) is 15.1. The van der Waals surface area contributed by atoms with Gasteiger partial charge >= 0.3 is 12.1 Å². The number of rotatable bonds is 10. The van der Waals surface area contributed by atoms with Crippen LogP contribution >= 0.6 is 11.3 Å². The number of nitrogens with zero attached hydrogens (tertiary/aromatic N) is 6. The number of alkyl halides is 3. The number of piperazine rings is 1. The van der Waals surface area contributed by atoms with Crippen LogP contribution in [0.2, 0.25) is 0 Å². The van der Waals surface area contributed by atoms with E-state index >= 15 is 0 Å². The number of carboxylic acid groups (broad SMARTS) is 1. The van der Waals surface area contributed by atoms with Gasteiger partial charge in [-0.2, -0.15) is 13.2 Å². The number of carboxylic acids is 1. The highest BCUT2D eigenvalue weighted by molar-refractivity contribution is 7.16. The number of thiazole rings is 1. The second-order valence-electron chi connectivity index (χ2n) is 10.9. The molecule has 1 unspecified atom stereocenters. The summed E-state index contributed by atoms with van der Waals surface area (Å²) in [6.45, 7) is 6.66. The molecule has 236 valence electrons. The molecule has 1 atom stereocenters. The summed E-state index contributed by atoms with van der Waals surface area (Å²) in [6, 6.07) is 3.84. The van der Waals surface area contributed by atoms with Crippen molar-refractivity contribution >= 4 is 34.2 Å². The van der Waals surface area contributed by atoms with Crippen molar-refractivity contribution in [3.8, 4) is 17.0 Å². The van der Waals surface area contributed by atoms with Crippen molar-refractivity contribution in [1.82, 2.24) is 24.8 Å². The normalized spacial score (nSPS) is 18.0. The van der Waals surface area contributed by atoms with Gasteiger partial charge in [-0.3, -0.25) is 24.7 Å². The number of aliphatic carboxylic acids is 1. The molecule has 2 saturated heterocycles. The summed E-state index contributed by atoms with van der Waals surface area (Å²) in [5, 5.41) is 11.9. The van der Waals surface area contributed by atoms with Crippen molar-refractivity contribution in [2.45, 2.75) is 44.9 Å². The summed E-state index contributed by atoms with van der Waals surface area (Å²) < 4.78 is 46.2. The van der Waals surface area contributed by atoms with E-state index in [0.29, 0.717) is 56.8 Å². The number of likely N-dealkylation sites (tertiary alicyclic amines) is 1. The molecule has 5 rings (SSSR count). The van der Waals surface area contributed by atoms with Gasteiger partial charge in [0.25, 0.3) is 5.91 Å². The molecule has 0 aliphatic carbocycles. The maximum Gasteiger partial charge on any atom is 0.416 e. The van der Waals surface area contributed by atoms with E-state index < -0.39 is 23.6 Å². The number of amides is 1. The Hall–Kier alpha value is -3.82. The van der Waals surface area contributed by atoms with E-state index in [-0.39, 0.29) is 28.6 Å². The SMILES string of the molecule is COc1cc(-c2nc(NC(=O)c3cnc(N4CCN(CCC(=O)O)CC4)cn3)sc2CN2CCCC2C)cc(C(F)(F)F)c1. The molecule has 0 radical (unpaired) electrons. The first-order valence-electron chi connectivity index (χ1n) is 14.3. The zero-order valence-electron chi connectivity index (χ0n) is 24.4. The molecule has 0 bridgehead atoms. The predicted molar refractivity (Wildman–Crippen MR) is 159 cm³/mol. The monoisotopic (exact) mass is 633 g/mol. The van der Waals surface area contributed by atoms with Gasteiger partial charge in [0.05, 0.1) is 37.2 Å². The van der Waals surface area contributed by atoms with Crippen molar-refractivity contribution in [3.63, 3.8) is 0 Å². The number of ether oxygens (including phenoxy) is 1. The van der Waals surface area contributed by atoms with Gasteiger partial charge in [0, 0.05) is 55.8 Å². The molecule has 1 aromatic carbocycles. The number of benzene rings is 1. The average molecular weight is 634 g/mol. The van der Waals surface area contributed by atoms with E-state index in [9.17, 15) is 22.8 Å². The number of anilines is 2. The summed E-state index contributed by atoms with van der Waals surface area (Å²) in [6.07, 6.45) is 0.482. The molecule has 1 amide bonds. The lowest BCUT2D eigenvalue weighted by Gasteiger charge is -2.34. The predicted octanol–water partition coefficient (Wildman–Crippen LogP) is 4.46. The molecule has 0 saturated carbocycles. The Bertz CT molecular complexity index is 1480. The number of halogens is 3. The quantitative estimate of drug-likeness (QED) is 0.331. The Kier molecular flexibility index (Phi) is 9.65. The zero-order valence-corrected chi connectivity index (χ0v) is 25.2. The summed E-state index contributed by atoms with van der Waals surface area (Å²) in [5.41, 5.74) is -0.163. The Morgan fingerprint density at radius 3 is 2.50 bits per heavy atom. The molecule has 2 N–H and O–H groups in total. The van der Waals surface area contributed by atoms with Crippen LogP contribution in [0.3, 0.4) is 0 Å². The minimum atomic E-state index is -4.57. The van der Waals surface area contributed by atoms with Crippen LogP contribution in [0.5, 0.6) is 5.75 Å². The second kappa shape index (κ2) is 13.4. The number of aromatic nitrogens is 3. The molecule has 15 heteroatoms. The molecule has 0 spiro atoms. The van der Waals surface area contributed by atoms with Crippen LogP contribution in [0.15, 0.2) is 30.6 Å². The highest BCUT2D eigenvalue weighted by atomic mass is 32.1. The van der Waals surface area contributed by atoms with E-state index in [4.69, 9.17) is 9.84 Å². The van der Waals surface area contributed by atoms with Crippen LogP contribution in [-0.4, -0.2) is 94.2 Å². The van der Waals surface area contributed by atoms with Gasteiger partial charge in [0.15, 0.2) is 5.13 Å². The highest BCUT2D eigenvalue weighted by Crippen LogP contribution is 2.39. The fourth-order valence-electron chi connectivity index (χ4n) is 5.38. The van der Waals surface area contributed by atoms with Gasteiger partial charge in [0.2, 0.25) is 0 Å². The lowest BCUT2D eigenvalue weighted by molar-refractivity contribution is -0.138. The van der Waals surface area contributed by atoms with Gasteiger partial charge in [-0.1, -0.05) is 11.3 Å². The van der Waals surface area contributed by atoms with E-state index in [1.807, 2.05) is 4.90 Å². The molecular weight excluding hydrogens is 599 g/mol. The smallest absolute Gasteiger partial charge is 0.416 e. The molecule has 2 aromatic heterocycles. The number of carbonyl (C=O) groups is 2. The summed E-state index contributed by atoms with van der Waals surface area (Å²) in [4.78, 5) is 44.3. The molecule has 3 aromatic rings. The largest absolute Gasteiger partial charge is 0.497 e. The maximum atomic E-state index is 13.7. The summed E-state index contributed by atoms with van der Waals surface area (Å²) >= 11 is 1.22. The Labute approximate surface area is 256 Å². The van der Waals surface area contributed by atoms with Crippen molar-refractivity contribution in [2.75, 3.05) is 56.6 Å². The number of hydrogen-bond acceptors (Lipinski definition) is 10. The van der Waals surface area contributed by atoms with Gasteiger partial charge < -0.3 is 14.7 Å². The van der Waals surface area contributed by atoms with Crippen LogP contribution in [0.1, 0.15) is 47.1 Å². The molecular formula is C29H34F3N7O4S. The van der Waals surface area contributed by atoms with Crippen LogP contribution < -0.4 is 15.0 Å². The first-order chi connectivity index (χ1) is 21.0. The molecule has 11 nitrogen and oxygen atoms in total. The third-order valence-electron chi connectivity index (χ3n) is 7.91. The number of nitrogens with one attached hydrogen (secondary N) is 1. The van der Waals surface area contributed by atoms with E-state index in [1.165, 1.54) is 36.9 Å². The minimum absolute atomic E-state index is 0.0611. The van der Waals surface area contributed by atoms with Gasteiger partial charge in [-0.25, -0.2) is 15.0 Å². The third-order valence-corrected chi connectivity index (χ3v) is 8.86. The Morgan fingerprint density at radius 2 is 1.89 bits per heavy atom. The van der Waals surface area contributed by atoms with Crippen molar-refractivity contribution in [3.05, 3.63) is 46.7 Å². The molecule has 2 aliphatic heterocycles. The summed E-state index contributed by atoms with van der Waals surface area (Å²) in [7, 11) is 1.31. The zero-order chi connectivity index (χ0) is 31.4. The average Bonchev–Trinajstić information content (AvgIpc) is 3.60. The fraction of sp³-hybridized carbons (Fsp3) is 0.483. The number of methoxy groups -OCH3 is 1. The molecule has 2 aliphatic rings. The van der Waals surface area contributed by atoms with Gasteiger partial charge in [0.1, 0.15) is 17.3 Å². The molecule has 44 heavy (non-hydrogen) atoms. The van der Waals surface area contributed by atoms with Crippen LogP contribution in [0.25, 0.3) is 11.3 Å². The lowest BCUT2D eigenvalue weighted by atomic mass is 10.1.